The van der Waals surface area contributed by atoms with Gasteiger partial charge in [0.05, 0.1) is 18.7 Å². The molecule has 0 bridgehead atoms. The predicted molar refractivity (Wildman–Crippen MR) is 177 cm³/mol. The Labute approximate surface area is 285 Å². The molecular weight excluding hydrogens is 661 g/mol. The zero-order chi connectivity index (χ0) is 36.4. The van der Waals surface area contributed by atoms with E-state index in [2.05, 4.69) is 15.3 Å². The summed E-state index contributed by atoms with van der Waals surface area (Å²) in [6, 6.07) is 8.14. The Morgan fingerprint density at radius 1 is 1.08 bits per heavy atom. The van der Waals surface area contributed by atoms with Crippen LogP contribution < -0.4 is 15.6 Å². The number of nitrogens with zero attached hydrogens (tertiary/aromatic N) is 4. The molecule has 50 heavy (non-hydrogen) atoms. The molecule has 3 amide bonds. The summed E-state index contributed by atoms with van der Waals surface area (Å²) in [4.78, 5) is 61.3. The van der Waals surface area contributed by atoms with Crippen LogP contribution in [0.3, 0.4) is 0 Å². The number of hydrogen-bond acceptors (Lipinski definition) is 8. The maximum atomic E-state index is 14.4. The van der Waals surface area contributed by atoms with E-state index in [1.165, 1.54) is 59.0 Å². The molecule has 0 saturated heterocycles. The Kier molecular flexibility index (Phi) is 12.8. The number of aromatic amines is 1. The summed E-state index contributed by atoms with van der Waals surface area (Å²) >= 11 is 0. The Morgan fingerprint density at radius 2 is 1.86 bits per heavy atom. The maximum absolute atomic E-state index is 14.4. The first-order valence-electron chi connectivity index (χ1n) is 15.4. The maximum Gasteiger partial charge on any atom is 0.410 e. The molecule has 2 aromatic carbocycles. The van der Waals surface area contributed by atoms with E-state index in [9.17, 15) is 32.3 Å². The van der Waals surface area contributed by atoms with Crippen molar-refractivity contribution >= 4 is 34.6 Å². The Balaban J connectivity index is 1.50. The number of allylic oxidation sites excluding steroid dienone is 1. The molecule has 0 spiro atoms. The van der Waals surface area contributed by atoms with Crippen molar-refractivity contribution in [2.24, 2.45) is 0 Å². The number of imidazole rings is 1. The average molecular weight is 699 g/mol. The van der Waals surface area contributed by atoms with Crippen LogP contribution in [0.15, 0.2) is 65.6 Å². The topological polar surface area (TPSA) is 148 Å². The third kappa shape index (κ3) is 9.95. The third-order valence-electron chi connectivity index (χ3n) is 7.34. The number of aromatic nitrogens is 3. The van der Waals surface area contributed by atoms with Gasteiger partial charge in [-0.15, -0.1) is 0 Å². The van der Waals surface area contributed by atoms with Crippen LogP contribution in [0.4, 0.5) is 23.7 Å². The first-order valence-corrected chi connectivity index (χ1v) is 15.4. The zero-order valence-electron chi connectivity index (χ0n) is 27.9. The normalized spacial score (nSPS) is 11.8. The van der Waals surface area contributed by atoms with Gasteiger partial charge in [-0.3, -0.25) is 14.4 Å². The molecule has 0 aliphatic heterocycles. The van der Waals surface area contributed by atoms with Crippen molar-refractivity contribution in [2.75, 3.05) is 46.7 Å². The molecule has 4 rings (SSSR count). The molecule has 13 nitrogen and oxygen atoms in total. The van der Waals surface area contributed by atoms with Gasteiger partial charge in [0.25, 0.3) is 11.5 Å². The first kappa shape index (κ1) is 37.2. The SMILES string of the molecule is COCCN(C)C(=O)O[C@@H](CC/C=C/C(=O)N(C)C)C(=O)Nc1cccn(Cc2nc3cc(F)cc(OCc4ccc(F)cc4F)c3[nH]2)c1=O. The van der Waals surface area contributed by atoms with Gasteiger partial charge in [0, 0.05) is 64.8 Å². The molecule has 0 radical (unpaired) electrons. The minimum absolute atomic E-state index is 0.0155. The highest BCUT2D eigenvalue weighted by Gasteiger charge is 2.25. The molecule has 0 unspecified atom stereocenters. The van der Waals surface area contributed by atoms with Crippen LogP contribution in [0.2, 0.25) is 0 Å². The van der Waals surface area contributed by atoms with E-state index in [1.54, 1.807) is 20.2 Å². The number of benzene rings is 2. The van der Waals surface area contributed by atoms with Crippen molar-refractivity contribution in [1.82, 2.24) is 24.3 Å². The van der Waals surface area contributed by atoms with Crippen LogP contribution in [0.5, 0.6) is 5.75 Å². The molecule has 0 aliphatic rings. The van der Waals surface area contributed by atoms with Crippen molar-refractivity contribution in [1.29, 1.82) is 0 Å². The van der Waals surface area contributed by atoms with E-state index in [-0.39, 0.29) is 78.9 Å². The van der Waals surface area contributed by atoms with Gasteiger partial charge in [0.2, 0.25) is 5.91 Å². The van der Waals surface area contributed by atoms with Crippen molar-refractivity contribution in [2.45, 2.75) is 32.1 Å². The number of rotatable bonds is 15. The summed E-state index contributed by atoms with van der Waals surface area (Å²) in [6.07, 6.45) is 2.47. The van der Waals surface area contributed by atoms with Crippen LogP contribution in [0.25, 0.3) is 11.0 Å². The standard InChI is InChI=1S/C34H37F3N6O7/c1-41(2)30(44)10-6-5-9-27(50-34(47)42(3)14-15-48-4)32(45)39-25-8-7-13-43(33(25)46)19-29-38-26-17-23(36)18-28(31(26)40-29)49-20-21-11-12-22(35)16-24(21)37/h6-8,10-13,16-18,27H,5,9,14-15,19-20H2,1-4H3,(H,38,40)(H,39,45)/b10-6+/t27-/m0/s1. The highest BCUT2D eigenvalue weighted by atomic mass is 19.1. The highest BCUT2D eigenvalue weighted by Crippen LogP contribution is 2.27. The lowest BCUT2D eigenvalue weighted by molar-refractivity contribution is -0.125. The van der Waals surface area contributed by atoms with E-state index in [1.807, 2.05) is 0 Å². The van der Waals surface area contributed by atoms with Gasteiger partial charge in [-0.25, -0.2) is 22.9 Å². The van der Waals surface area contributed by atoms with Gasteiger partial charge in [-0.2, -0.15) is 0 Å². The summed E-state index contributed by atoms with van der Waals surface area (Å²) < 4.78 is 59.2. The quantitative estimate of drug-likeness (QED) is 0.176. The average Bonchev–Trinajstić information content (AvgIpc) is 3.48. The highest BCUT2D eigenvalue weighted by molar-refractivity contribution is 5.95. The van der Waals surface area contributed by atoms with Gasteiger partial charge in [0.15, 0.2) is 6.10 Å². The van der Waals surface area contributed by atoms with Crippen molar-refractivity contribution in [3.05, 3.63) is 100 Å². The molecule has 0 aliphatic carbocycles. The lowest BCUT2D eigenvalue weighted by atomic mass is 10.1. The molecule has 0 fully saturated rings. The third-order valence-corrected chi connectivity index (χ3v) is 7.34. The number of amides is 3. The Morgan fingerprint density at radius 3 is 2.58 bits per heavy atom. The summed E-state index contributed by atoms with van der Waals surface area (Å²) in [5.74, 6) is -3.01. The second-order valence-corrected chi connectivity index (χ2v) is 11.3. The largest absolute Gasteiger partial charge is 0.486 e. The summed E-state index contributed by atoms with van der Waals surface area (Å²) in [5, 5.41) is 2.53. The number of methoxy groups -OCH3 is 1. The molecule has 1 atom stereocenters. The number of fused-ring (bicyclic) bond motifs is 1. The fourth-order valence-corrected chi connectivity index (χ4v) is 4.57. The number of pyridine rings is 1. The van der Waals surface area contributed by atoms with Gasteiger partial charge in [-0.1, -0.05) is 6.08 Å². The predicted octanol–water partition coefficient (Wildman–Crippen LogP) is 4.22. The van der Waals surface area contributed by atoms with Gasteiger partial charge in [0.1, 0.15) is 46.8 Å². The number of nitrogens with one attached hydrogen (secondary N) is 2. The molecule has 2 N–H and O–H groups in total. The number of ether oxygens (including phenoxy) is 3. The molecule has 2 heterocycles. The minimum Gasteiger partial charge on any atom is -0.486 e. The fourth-order valence-electron chi connectivity index (χ4n) is 4.57. The minimum atomic E-state index is -1.31. The first-order chi connectivity index (χ1) is 23.9. The number of H-pyrrole nitrogens is 1. The summed E-state index contributed by atoms with van der Waals surface area (Å²) in [6.45, 7) is 0.00773. The lowest BCUT2D eigenvalue weighted by Gasteiger charge is -2.22. The van der Waals surface area contributed by atoms with Gasteiger partial charge >= 0.3 is 6.09 Å². The van der Waals surface area contributed by atoms with Crippen molar-refractivity contribution in [3.8, 4) is 5.75 Å². The van der Waals surface area contributed by atoms with Crippen LogP contribution in [0, 0.1) is 17.5 Å². The number of carbonyl (C=O) groups excluding carboxylic acids is 3. The summed E-state index contributed by atoms with van der Waals surface area (Å²) in [5.41, 5.74) is -0.219. The fraction of sp³-hybridized carbons (Fsp3) is 0.324. The molecule has 266 valence electrons. The van der Waals surface area contributed by atoms with E-state index in [0.717, 1.165) is 18.2 Å². The monoisotopic (exact) mass is 698 g/mol. The lowest BCUT2D eigenvalue weighted by Crippen LogP contribution is -2.39. The molecule has 16 heteroatoms. The zero-order valence-corrected chi connectivity index (χ0v) is 27.9. The molecular formula is C34H37F3N6O7. The molecule has 2 aromatic heterocycles. The van der Waals surface area contributed by atoms with E-state index >= 15 is 0 Å². The molecule has 4 aromatic rings. The van der Waals surface area contributed by atoms with Gasteiger partial charge in [-0.05, 0) is 43.2 Å². The summed E-state index contributed by atoms with van der Waals surface area (Å²) in [7, 11) is 6.14. The van der Waals surface area contributed by atoms with Crippen LogP contribution in [-0.2, 0) is 32.2 Å². The molecule has 0 saturated carbocycles. The second-order valence-electron chi connectivity index (χ2n) is 11.3. The number of hydrogen-bond donors (Lipinski definition) is 2. The van der Waals surface area contributed by atoms with Crippen molar-refractivity contribution < 1.29 is 41.8 Å². The Bertz CT molecular complexity index is 1930. The van der Waals surface area contributed by atoms with E-state index in [0.29, 0.717) is 6.07 Å². The number of likely N-dealkylation sites (N-methyl/N-ethyl adjacent to an activating group) is 2. The number of anilines is 1. The smallest absolute Gasteiger partial charge is 0.410 e. The van der Waals surface area contributed by atoms with Gasteiger partial charge < -0.3 is 38.9 Å². The van der Waals surface area contributed by atoms with Crippen LogP contribution >= 0.6 is 0 Å². The number of halogens is 3. The second kappa shape index (κ2) is 17.1. The van der Waals surface area contributed by atoms with Crippen LogP contribution in [0.1, 0.15) is 24.2 Å². The number of carbonyl (C=O) groups is 3. The Hall–Kier alpha value is -5.64. The van der Waals surface area contributed by atoms with Crippen molar-refractivity contribution in [3.63, 3.8) is 0 Å². The van der Waals surface area contributed by atoms with Crippen LogP contribution in [-0.4, -0.2) is 89.8 Å². The van der Waals surface area contributed by atoms with E-state index < -0.39 is 41.1 Å². The van der Waals surface area contributed by atoms with E-state index in [4.69, 9.17) is 14.2 Å².